The number of nitrogens with two attached hydrogens (primary N) is 1. The fourth-order valence-corrected chi connectivity index (χ4v) is 3.32. The van der Waals surface area contributed by atoms with Gasteiger partial charge in [-0.1, -0.05) is 0 Å². The number of anilines is 1. The van der Waals surface area contributed by atoms with Crippen molar-refractivity contribution in [3.8, 4) is 0 Å². The number of aryl methyl sites for hydroxylation is 3. The molecule has 0 aliphatic rings. The molecule has 0 spiro atoms. The largest absolute Gasteiger partial charge is 0.382 e. The Kier molecular flexibility index (Phi) is 6.36. The van der Waals surface area contributed by atoms with Gasteiger partial charge in [0.15, 0.2) is 5.82 Å². The van der Waals surface area contributed by atoms with Gasteiger partial charge in [-0.2, -0.15) is 0 Å². The van der Waals surface area contributed by atoms with Gasteiger partial charge in [0.1, 0.15) is 17.9 Å². The molecule has 0 saturated carbocycles. The lowest BCUT2D eigenvalue weighted by atomic mass is 10.2. The molecule has 3 N–H and O–H groups in total. The number of sulfonamides is 1. The number of fused-ring (bicyclic) bond motifs is 1. The molecule has 2 aromatic heterocycles. The van der Waals surface area contributed by atoms with Gasteiger partial charge in [0.05, 0.1) is 11.3 Å². The zero-order chi connectivity index (χ0) is 18.6. The van der Waals surface area contributed by atoms with Crippen molar-refractivity contribution in [2.24, 2.45) is 0 Å². The highest BCUT2D eigenvalue weighted by molar-refractivity contribution is 7.89. The molecule has 2 rings (SSSR count). The number of ether oxygens (including phenoxy) is 1. The second-order valence-electron chi connectivity index (χ2n) is 5.87. The molecule has 140 valence electrons. The smallest absolute Gasteiger partial charge is 0.211 e. The van der Waals surface area contributed by atoms with E-state index in [4.69, 9.17) is 10.5 Å². The van der Waals surface area contributed by atoms with E-state index in [1.165, 1.54) is 0 Å². The molecule has 8 nitrogen and oxygen atoms in total. The Morgan fingerprint density at radius 1 is 1.24 bits per heavy atom. The molecule has 0 aliphatic heterocycles. The van der Waals surface area contributed by atoms with E-state index < -0.39 is 10.0 Å². The van der Waals surface area contributed by atoms with Crippen LogP contribution in [0.4, 0.5) is 5.82 Å². The summed E-state index contributed by atoms with van der Waals surface area (Å²) in [5.41, 5.74) is 9.55. The maximum Gasteiger partial charge on any atom is 0.211 e. The van der Waals surface area contributed by atoms with Gasteiger partial charge in [0, 0.05) is 25.4 Å². The van der Waals surface area contributed by atoms with Gasteiger partial charge in [-0.15, -0.1) is 0 Å². The third kappa shape index (κ3) is 4.47. The molecule has 0 unspecified atom stereocenters. The van der Waals surface area contributed by atoms with E-state index in [9.17, 15) is 8.42 Å². The SMILES string of the molecule is CCOCc1nc2c(N)nc(C)c(C)c2n1CCCNS(=O)(=O)CC. The van der Waals surface area contributed by atoms with Gasteiger partial charge in [0.2, 0.25) is 10.0 Å². The van der Waals surface area contributed by atoms with Crippen LogP contribution in [0.5, 0.6) is 0 Å². The Morgan fingerprint density at radius 2 is 1.96 bits per heavy atom. The number of aromatic nitrogens is 3. The maximum absolute atomic E-state index is 11.5. The van der Waals surface area contributed by atoms with Crippen molar-refractivity contribution in [2.75, 3.05) is 24.6 Å². The van der Waals surface area contributed by atoms with Crippen LogP contribution in [0.25, 0.3) is 11.0 Å². The van der Waals surface area contributed by atoms with Gasteiger partial charge in [0.25, 0.3) is 0 Å². The number of imidazole rings is 1. The number of nitrogen functional groups attached to an aromatic ring is 1. The van der Waals surface area contributed by atoms with E-state index in [2.05, 4.69) is 19.3 Å². The Morgan fingerprint density at radius 3 is 2.60 bits per heavy atom. The normalized spacial score (nSPS) is 12.2. The Bertz CT molecular complexity index is 845. The van der Waals surface area contributed by atoms with Gasteiger partial charge in [-0.3, -0.25) is 0 Å². The number of hydrogen-bond donors (Lipinski definition) is 2. The molecule has 0 amide bonds. The van der Waals surface area contributed by atoms with Gasteiger partial charge in [-0.05, 0) is 39.7 Å². The van der Waals surface area contributed by atoms with Crippen LogP contribution in [-0.4, -0.2) is 41.9 Å². The van der Waals surface area contributed by atoms with E-state index in [-0.39, 0.29) is 5.75 Å². The standard InChI is InChI=1S/C16H27N5O3S/c1-5-24-10-13-20-14-15(11(3)12(4)19-16(14)17)21(13)9-7-8-18-25(22,23)6-2/h18H,5-10H2,1-4H3,(H2,17,19). The summed E-state index contributed by atoms with van der Waals surface area (Å²) in [5, 5.41) is 0. The molecule has 0 aromatic carbocycles. The molecule has 0 radical (unpaired) electrons. The number of nitrogens with one attached hydrogen (secondary N) is 1. The zero-order valence-corrected chi connectivity index (χ0v) is 16.1. The summed E-state index contributed by atoms with van der Waals surface area (Å²) in [6.07, 6.45) is 0.643. The van der Waals surface area contributed by atoms with Gasteiger partial charge in [-0.25, -0.2) is 23.1 Å². The topological polar surface area (TPSA) is 112 Å². The highest BCUT2D eigenvalue weighted by atomic mass is 32.2. The Hall–Kier alpha value is -1.71. The maximum atomic E-state index is 11.5. The number of pyridine rings is 1. The summed E-state index contributed by atoms with van der Waals surface area (Å²) in [7, 11) is -3.18. The van der Waals surface area contributed by atoms with Crippen molar-refractivity contribution in [1.29, 1.82) is 0 Å². The number of hydrogen-bond acceptors (Lipinski definition) is 6. The summed E-state index contributed by atoms with van der Waals surface area (Å²) in [4.78, 5) is 8.95. The molecular weight excluding hydrogens is 342 g/mol. The molecule has 2 heterocycles. The lowest BCUT2D eigenvalue weighted by molar-refractivity contribution is 0.126. The van der Waals surface area contributed by atoms with E-state index >= 15 is 0 Å². The average Bonchev–Trinajstić information content (AvgIpc) is 2.94. The number of rotatable bonds is 9. The first kappa shape index (κ1) is 19.6. The van der Waals surface area contributed by atoms with Crippen molar-refractivity contribution in [1.82, 2.24) is 19.3 Å². The minimum absolute atomic E-state index is 0.0805. The highest BCUT2D eigenvalue weighted by Gasteiger charge is 2.17. The van der Waals surface area contributed by atoms with Gasteiger partial charge >= 0.3 is 0 Å². The van der Waals surface area contributed by atoms with E-state index in [0.717, 1.165) is 22.6 Å². The molecule has 2 aromatic rings. The van der Waals surface area contributed by atoms with Gasteiger partial charge < -0.3 is 15.0 Å². The van der Waals surface area contributed by atoms with Crippen LogP contribution in [0.3, 0.4) is 0 Å². The average molecular weight is 369 g/mol. The van der Waals surface area contributed by atoms with Crippen molar-refractivity contribution >= 4 is 26.9 Å². The summed E-state index contributed by atoms with van der Waals surface area (Å²) >= 11 is 0. The van der Waals surface area contributed by atoms with Crippen LogP contribution < -0.4 is 10.5 Å². The third-order valence-corrected chi connectivity index (χ3v) is 5.58. The molecule has 0 saturated heterocycles. The molecule has 0 aliphatic carbocycles. The highest BCUT2D eigenvalue weighted by Crippen LogP contribution is 2.26. The summed E-state index contributed by atoms with van der Waals surface area (Å²) in [6.45, 7) is 9.42. The van der Waals surface area contributed by atoms with Crippen LogP contribution in [0.15, 0.2) is 0 Å². The minimum Gasteiger partial charge on any atom is -0.382 e. The quantitative estimate of drug-likeness (QED) is 0.648. The van der Waals surface area contributed by atoms with E-state index in [1.54, 1.807) is 6.92 Å². The summed E-state index contributed by atoms with van der Waals surface area (Å²) in [5.74, 6) is 1.26. The van der Waals surface area contributed by atoms with Crippen LogP contribution >= 0.6 is 0 Å². The molecule has 0 fully saturated rings. The molecule has 9 heteroatoms. The van der Waals surface area contributed by atoms with Crippen LogP contribution in [0, 0.1) is 13.8 Å². The van der Waals surface area contributed by atoms with Crippen molar-refractivity contribution < 1.29 is 13.2 Å². The minimum atomic E-state index is -3.18. The summed E-state index contributed by atoms with van der Waals surface area (Å²) in [6, 6.07) is 0. The second-order valence-corrected chi connectivity index (χ2v) is 7.97. The van der Waals surface area contributed by atoms with E-state index in [1.807, 2.05) is 20.8 Å². The zero-order valence-electron chi connectivity index (χ0n) is 15.3. The van der Waals surface area contributed by atoms with Crippen LogP contribution in [0.2, 0.25) is 0 Å². The monoisotopic (exact) mass is 369 g/mol. The van der Waals surface area contributed by atoms with Crippen molar-refractivity contribution in [2.45, 2.75) is 47.3 Å². The first-order valence-corrected chi connectivity index (χ1v) is 10.1. The lowest BCUT2D eigenvalue weighted by Crippen LogP contribution is -2.27. The third-order valence-electron chi connectivity index (χ3n) is 4.17. The second kappa shape index (κ2) is 8.11. The lowest BCUT2D eigenvalue weighted by Gasteiger charge is -2.12. The van der Waals surface area contributed by atoms with Crippen LogP contribution in [0.1, 0.15) is 37.4 Å². The first-order valence-electron chi connectivity index (χ1n) is 8.47. The molecule has 25 heavy (non-hydrogen) atoms. The fraction of sp³-hybridized carbons (Fsp3) is 0.625. The molecular formula is C16H27N5O3S. The Balaban J connectivity index is 2.31. The van der Waals surface area contributed by atoms with E-state index in [0.29, 0.717) is 44.1 Å². The van der Waals surface area contributed by atoms with Crippen molar-refractivity contribution in [3.05, 3.63) is 17.1 Å². The predicted octanol–water partition coefficient (Wildman–Crippen LogP) is 1.50. The fourth-order valence-electron chi connectivity index (χ4n) is 2.66. The molecule has 0 bridgehead atoms. The predicted molar refractivity (Wildman–Crippen MR) is 98.8 cm³/mol. The number of nitrogens with zero attached hydrogens (tertiary/aromatic N) is 3. The summed E-state index contributed by atoms with van der Waals surface area (Å²) < 4.78 is 33.3. The van der Waals surface area contributed by atoms with Crippen LogP contribution in [-0.2, 0) is 27.9 Å². The first-order chi connectivity index (χ1) is 11.8. The van der Waals surface area contributed by atoms with Crippen molar-refractivity contribution in [3.63, 3.8) is 0 Å². The molecule has 0 atom stereocenters. The Labute approximate surface area is 148 Å².